The minimum atomic E-state index is -0.791. The number of anilines is 2. The maximum absolute atomic E-state index is 13.7. The molecule has 1 N–H and O–H groups in total. The fourth-order valence-corrected chi connectivity index (χ4v) is 4.34. The van der Waals surface area contributed by atoms with Gasteiger partial charge in [0.15, 0.2) is 5.15 Å². The molecule has 0 amide bonds. The van der Waals surface area contributed by atoms with Gasteiger partial charge in [0.2, 0.25) is 5.95 Å². The van der Waals surface area contributed by atoms with Gasteiger partial charge in [-0.2, -0.15) is 10.1 Å². The van der Waals surface area contributed by atoms with E-state index < -0.39 is 11.4 Å². The van der Waals surface area contributed by atoms with E-state index in [4.69, 9.17) is 34.8 Å². The number of aryl methyl sites for hydroxylation is 2. The van der Waals surface area contributed by atoms with Crippen LogP contribution in [0.4, 0.5) is 11.6 Å². The number of benzene rings is 1. The van der Waals surface area contributed by atoms with Crippen LogP contribution in [0.5, 0.6) is 0 Å². The van der Waals surface area contributed by atoms with E-state index in [2.05, 4.69) is 25.4 Å². The molecule has 14 heteroatoms. The summed E-state index contributed by atoms with van der Waals surface area (Å²) < 4.78 is 5.38. The summed E-state index contributed by atoms with van der Waals surface area (Å²) >= 11 is 18.7. The minimum absolute atomic E-state index is 0.0396. The second kappa shape index (κ2) is 9.08. The predicted octanol–water partition coefficient (Wildman–Crippen LogP) is 3.47. The lowest BCUT2D eigenvalue weighted by Crippen LogP contribution is -2.42. The number of nitrogens with one attached hydrogen (secondary N) is 1. The van der Waals surface area contributed by atoms with Crippen LogP contribution in [0.2, 0.25) is 15.3 Å². The Morgan fingerprint density at radius 1 is 1.03 bits per heavy atom. The molecule has 1 aromatic carbocycles. The van der Waals surface area contributed by atoms with Crippen LogP contribution >= 0.6 is 34.8 Å². The van der Waals surface area contributed by atoms with Gasteiger partial charge in [-0.15, -0.1) is 0 Å². The van der Waals surface area contributed by atoms with E-state index in [1.807, 2.05) is 6.20 Å². The first kappa shape index (κ1) is 24.0. The Bertz CT molecular complexity index is 1770. The maximum atomic E-state index is 13.7. The first-order valence-corrected chi connectivity index (χ1v) is 11.7. The van der Waals surface area contributed by atoms with Gasteiger partial charge in [0, 0.05) is 31.9 Å². The summed E-state index contributed by atoms with van der Waals surface area (Å²) in [6, 6.07) is 5.10. The molecule has 0 radical (unpaired) electrons. The van der Waals surface area contributed by atoms with Crippen LogP contribution in [0.3, 0.4) is 0 Å². The van der Waals surface area contributed by atoms with E-state index >= 15 is 0 Å². The molecule has 0 atom stereocenters. The second-order valence-electron chi connectivity index (χ2n) is 8.13. The Morgan fingerprint density at radius 2 is 1.81 bits per heavy atom. The van der Waals surface area contributed by atoms with Crippen molar-refractivity contribution in [3.63, 3.8) is 0 Å². The average molecular weight is 547 g/mol. The average Bonchev–Trinajstić information content (AvgIpc) is 3.29. The number of imidazole rings is 1. The van der Waals surface area contributed by atoms with Crippen LogP contribution in [-0.4, -0.2) is 38.4 Å². The molecule has 0 aliphatic rings. The molecule has 0 bridgehead atoms. The fraction of sp³-hybridized carbons (Fsp3) is 0.182. The molecule has 11 nitrogen and oxygen atoms in total. The van der Waals surface area contributed by atoms with Gasteiger partial charge in [-0.1, -0.05) is 34.8 Å². The normalized spacial score (nSPS) is 11.4. The van der Waals surface area contributed by atoms with Gasteiger partial charge in [-0.25, -0.2) is 19.1 Å². The van der Waals surface area contributed by atoms with Crippen LogP contribution in [0.25, 0.3) is 16.6 Å². The highest BCUT2D eigenvalue weighted by Gasteiger charge is 2.20. The van der Waals surface area contributed by atoms with E-state index in [0.717, 1.165) is 15.5 Å². The number of aromatic nitrogens is 8. The molecule has 0 aliphatic heterocycles. The summed E-state index contributed by atoms with van der Waals surface area (Å²) in [7, 11) is 3.46. The number of halogens is 3. The van der Waals surface area contributed by atoms with Crippen molar-refractivity contribution in [1.29, 1.82) is 0 Å². The smallest absolute Gasteiger partial charge is 0.324 e. The maximum Gasteiger partial charge on any atom is 0.359 e. The fourth-order valence-electron chi connectivity index (χ4n) is 3.77. The minimum Gasteiger partial charge on any atom is -0.324 e. The zero-order valence-corrected chi connectivity index (χ0v) is 21.5. The Balaban J connectivity index is 1.70. The highest BCUT2D eigenvalue weighted by molar-refractivity contribution is 6.40. The molecule has 0 fully saturated rings. The third-order valence-corrected chi connectivity index (χ3v) is 6.63. The molecule has 36 heavy (non-hydrogen) atoms. The highest BCUT2D eigenvalue weighted by atomic mass is 35.5. The molecule has 4 heterocycles. The largest absolute Gasteiger partial charge is 0.359 e. The lowest BCUT2D eigenvalue weighted by atomic mass is 10.2. The van der Waals surface area contributed by atoms with Crippen molar-refractivity contribution in [3.05, 3.63) is 84.5 Å². The van der Waals surface area contributed by atoms with Crippen molar-refractivity contribution >= 4 is 57.3 Å². The van der Waals surface area contributed by atoms with Gasteiger partial charge >= 0.3 is 11.4 Å². The van der Waals surface area contributed by atoms with Gasteiger partial charge in [0.1, 0.15) is 11.0 Å². The van der Waals surface area contributed by atoms with Crippen molar-refractivity contribution in [2.24, 2.45) is 14.1 Å². The molecule has 5 aromatic rings. The van der Waals surface area contributed by atoms with Gasteiger partial charge < -0.3 is 9.88 Å². The van der Waals surface area contributed by atoms with E-state index in [9.17, 15) is 9.59 Å². The lowest BCUT2D eigenvalue weighted by molar-refractivity contribution is 0.621. The third kappa shape index (κ3) is 4.25. The van der Waals surface area contributed by atoms with Crippen molar-refractivity contribution in [2.45, 2.75) is 13.5 Å². The van der Waals surface area contributed by atoms with Crippen LogP contribution in [-0.2, 0) is 20.6 Å². The molecular weight excluding hydrogens is 529 g/mol. The van der Waals surface area contributed by atoms with E-state index in [1.165, 1.54) is 10.8 Å². The first-order chi connectivity index (χ1) is 17.1. The Kier molecular flexibility index (Phi) is 6.07. The van der Waals surface area contributed by atoms with Gasteiger partial charge in [0.25, 0.3) is 0 Å². The lowest BCUT2D eigenvalue weighted by Gasteiger charge is -2.16. The SMILES string of the molecule is Cc1cncc(-n2c(=O)nc(Nc3cc4cn(C)nc4cc3Cl)n(Cc3nc(Cl)c(Cl)n3C)c2=O)c1. The number of nitrogens with zero attached hydrogens (tertiary/aromatic N) is 8. The van der Waals surface area contributed by atoms with Crippen molar-refractivity contribution in [3.8, 4) is 5.69 Å². The van der Waals surface area contributed by atoms with Crippen LogP contribution in [0.15, 0.2) is 46.4 Å². The van der Waals surface area contributed by atoms with Gasteiger partial charge in [-0.3, -0.25) is 14.2 Å². The number of hydrogen-bond donors (Lipinski definition) is 1. The quantitative estimate of drug-likeness (QED) is 0.359. The number of hydrogen-bond acceptors (Lipinski definition) is 7. The summed E-state index contributed by atoms with van der Waals surface area (Å²) in [6.07, 6.45) is 4.85. The zero-order valence-electron chi connectivity index (χ0n) is 19.2. The van der Waals surface area contributed by atoms with Crippen molar-refractivity contribution in [1.82, 2.24) is 38.4 Å². The monoisotopic (exact) mass is 545 g/mol. The van der Waals surface area contributed by atoms with Crippen LogP contribution in [0, 0.1) is 6.92 Å². The molecule has 0 aliphatic carbocycles. The molecule has 0 spiro atoms. The van der Waals surface area contributed by atoms with Crippen molar-refractivity contribution in [2.75, 3.05) is 5.32 Å². The molecular formula is C22H18Cl3N9O2. The predicted molar refractivity (Wildman–Crippen MR) is 138 cm³/mol. The Labute approximate surface area is 218 Å². The third-order valence-electron chi connectivity index (χ3n) is 5.52. The summed E-state index contributed by atoms with van der Waals surface area (Å²) in [5.74, 6) is 0.334. The molecule has 4 aromatic heterocycles. The van der Waals surface area contributed by atoms with Crippen molar-refractivity contribution < 1.29 is 0 Å². The van der Waals surface area contributed by atoms with Crippen LogP contribution < -0.4 is 16.7 Å². The standard InChI is InChI=1S/C22H18Cl3N9O2/c1-11-4-13(8-26-7-11)34-21(35)29-20(27-16-5-12-9-31(2)30-15(12)6-14(16)23)33(22(34)36)10-17-28-18(24)19(25)32(17)3/h4-9H,10H2,1-3H3,(H,27,29,35). The number of pyridine rings is 1. The van der Waals surface area contributed by atoms with Crippen LogP contribution in [0.1, 0.15) is 11.4 Å². The number of rotatable bonds is 5. The highest BCUT2D eigenvalue weighted by Crippen LogP contribution is 2.29. The summed E-state index contributed by atoms with van der Waals surface area (Å²) in [5, 5.41) is 8.80. The molecule has 0 saturated heterocycles. The molecule has 5 rings (SSSR count). The van der Waals surface area contributed by atoms with E-state index in [1.54, 1.807) is 54.7 Å². The van der Waals surface area contributed by atoms with E-state index in [0.29, 0.717) is 22.1 Å². The van der Waals surface area contributed by atoms with Gasteiger partial charge in [0.05, 0.1) is 34.7 Å². The first-order valence-electron chi connectivity index (χ1n) is 10.5. The molecule has 184 valence electrons. The van der Waals surface area contributed by atoms with E-state index in [-0.39, 0.29) is 28.5 Å². The second-order valence-corrected chi connectivity index (χ2v) is 9.25. The van der Waals surface area contributed by atoms with Gasteiger partial charge in [-0.05, 0) is 30.7 Å². The Hall–Kier alpha value is -3.67. The Morgan fingerprint density at radius 3 is 2.50 bits per heavy atom. The molecule has 0 saturated carbocycles. The summed E-state index contributed by atoms with van der Waals surface area (Å²) in [6.45, 7) is 1.71. The zero-order chi connectivity index (χ0) is 25.7. The topological polar surface area (TPSA) is 117 Å². The molecule has 0 unspecified atom stereocenters. The number of fused-ring (bicyclic) bond motifs is 1. The summed E-state index contributed by atoms with van der Waals surface area (Å²) in [4.78, 5) is 39.2. The summed E-state index contributed by atoms with van der Waals surface area (Å²) in [5.41, 5.74) is 0.718.